The summed E-state index contributed by atoms with van der Waals surface area (Å²) in [6.45, 7) is 5.48. The molecule has 0 aliphatic rings. The third-order valence-electron chi connectivity index (χ3n) is 3.49. The Hall–Kier alpha value is -2.19. The largest absolute Gasteiger partial charge is 0.248 e. The number of aryl methyl sites for hydroxylation is 1. The van der Waals surface area contributed by atoms with E-state index >= 15 is 0 Å². The summed E-state index contributed by atoms with van der Waals surface area (Å²) < 4.78 is 13.7. The highest BCUT2D eigenvalue weighted by Gasteiger charge is 2.08. The normalized spacial score (nSPS) is 10.8. The number of hydrogen-bond donors (Lipinski definition) is 0. The number of pyridine rings is 1. The first-order chi connectivity index (χ1) is 10.1. The van der Waals surface area contributed by atoms with Gasteiger partial charge in [0.1, 0.15) is 5.82 Å². The van der Waals surface area contributed by atoms with Crippen LogP contribution in [-0.4, -0.2) is 4.98 Å². The molecule has 104 valence electrons. The summed E-state index contributed by atoms with van der Waals surface area (Å²) in [5, 5.41) is 1.48. The quantitative estimate of drug-likeness (QED) is 0.596. The lowest BCUT2D eigenvalue weighted by Crippen LogP contribution is -1.90. The van der Waals surface area contributed by atoms with Gasteiger partial charge in [-0.3, -0.25) is 0 Å². The zero-order chi connectivity index (χ0) is 15.0. The van der Waals surface area contributed by atoms with Crippen LogP contribution in [0.1, 0.15) is 11.1 Å². The summed E-state index contributed by atoms with van der Waals surface area (Å²) in [5.74, 6) is -0.245. The Kier molecular flexibility index (Phi) is 3.48. The zero-order valence-corrected chi connectivity index (χ0v) is 12.3. The number of nitrogens with zero attached hydrogens (tertiary/aromatic N) is 1. The van der Waals surface area contributed by atoms with E-state index in [1.165, 1.54) is 6.07 Å². The van der Waals surface area contributed by atoms with E-state index in [9.17, 15) is 4.39 Å². The highest BCUT2D eigenvalue weighted by Crippen LogP contribution is 2.29. The SMILES string of the molecule is C=Cc1ccc2c(Cl)cc(-c3ccc(C)c(F)c3)nc2c1. The summed E-state index contributed by atoms with van der Waals surface area (Å²) in [4.78, 5) is 4.59. The van der Waals surface area contributed by atoms with Gasteiger partial charge in [0.2, 0.25) is 0 Å². The molecule has 0 unspecified atom stereocenters. The van der Waals surface area contributed by atoms with Gasteiger partial charge < -0.3 is 0 Å². The van der Waals surface area contributed by atoms with E-state index in [0.717, 1.165) is 16.5 Å². The van der Waals surface area contributed by atoms with Crippen molar-refractivity contribution in [2.45, 2.75) is 6.92 Å². The fourth-order valence-corrected chi connectivity index (χ4v) is 2.49. The average molecular weight is 298 g/mol. The van der Waals surface area contributed by atoms with Crippen LogP contribution in [0.15, 0.2) is 49.0 Å². The molecule has 0 atom stereocenters. The lowest BCUT2D eigenvalue weighted by Gasteiger charge is -2.07. The van der Waals surface area contributed by atoms with Crippen LogP contribution in [0.25, 0.3) is 28.2 Å². The Morgan fingerprint density at radius 3 is 2.67 bits per heavy atom. The fourth-order valence-electron chi connectivity index (χ4n) is 2.23. The number of halogens is 2. The number of aromatic nitrogens is 1. The van der Waals surface area contributed by atoms with E-state index in [1.807, 2.05) is 24.3 Å². The summed E-state index contributed by atoms with van der Waals surface area (Å²) in [6.07, 6.45) is 1.76. The lowest BCUT2D eigenvalue weighted by molar-refractivity contribution is 0.619. The van der Waals surface area contributed by atoms with Gasteiger partial charge in [0.05, 0.1) is 16.2 Å². The van der Waals surface area contributed by atoms with Crippen LogP contribution < -0.4 is 0 Å². The molecule has 0 aliphatic heterocycles. The van der Waals surface area contributed by atoms with Gasteiger partial charge in [-0.2, -0.15) is 0 Å². The molecular formula is C18H13ClFN. The van der Waals surface area contributed by atoms with E-state index in [4.69, 9.17) is 11.6 Å². The Morgan fingerprint density at radius 1 is 1.14 bits per heavy atom. The van der Waals surface area contributed by atoms with Gasteiger partial charge >= 0.3 is 0 Å². The predicted molar refractivity (Wildman–Crippen MR) is 87.0 cm³/mol. The molecule has 2 aromatic carbocycles. The van der Waals surface area contributed by atoms with Crippen LogP contribution in [0.3, 0.4) is 0 Å². The van der Waals surface area contributed by atoms with Gasteiger partial charge in [-0.1, -0.05) is 48.5 Å². The van der Waals surface area contributed by atoms with Crippen molar-refractivity contribution in [2.24, 2.45) is 0 Å². The van der Waals surface area contributed by atoms with Gasteiger partial charge in [-0.05, 0) is 36.2 Å². The lowest BCUT2D eigenvalue weighted by atomic mass is 10.1. The fraction of sp³-hybridized carbons (Fsp3) is 0.0556. The van der Waals surface area contributed by atoms with Crippen molar-refractivity contribution >= 4 is 28.6 Å². The highest BCUT2D eigenvalue weighted by atomic mass is 35.5. The van der Waals surface area contributed by atoms with Gasteiger partial charge in [0, 0.05) is 10.9 Å². The van der Waals surface area contributed by atoms with Gasteiger partial charge in [0.25, 0.3) is 0 Å². The van der Waals surface area contributed by atoms with E-state index < -0.39 is 0 Å². The minimum Gasteiger partial charge on any atom is -0.248 e. The third-order valence-corrected chi connectivity index (χ3v) is 3.80. The van der Waals surface area contributed by atoms with Crippen molar-refractivity contribution in [3.8, 4) is 11.3 Å². The number of benzene rings is 2. The van der Waals surface area contributed by atoms with Crippen LogP contribution >= 0.6 is 11.6 Å². The van der Waals surface area contributed by atoms with Crippen molar-refractivity contribution in [3.05, 3.63) is 71.0 Å². The minimum absolute atomic E-state index is 0.245. The summed E-state index contributed by atoms with van der Waals surface area (Å²) >= 11 is 6.32. The van der Waals surface area contributed by atoms with Gasteiger partial charge in [0.15, 0.2) is 0 Å². The number of rotatable bonds is 2. The first-order valence-electron chi connectivity index (χ1n) is 6.58. The standard InChI is InChI=1S/C18H13ClFN/c1-3-12-5-7-14-15(19)10-17(21-18(14)8-12)13-6-4-11(2)16(20)9-13/h3-10H,1H2,2H3. The molecule has 0 radical (unpaired) electrons. The van der Waals surface area contributed by atoms with E-state index in [0.29, 0.717) is 21.8 Å². The molecule has 0 fully saturated rings. The zero-order valence-electron chi connectivity index (χ0n) is 11.5. The summed E-state index contributed by atoms with van der Waals surface area (Å²) in [5.41, 5.74) is 3.73. The molecule has 0 aliphatic carbocycles. The predicted octanol–water partition coefficient (Wildman–Crippen LogP) is 5.65. The Bertz CT molecular complexity index is 855. The van der Waals surface area contributed by atoms with Crippen molar-refractivity contribution in [1.29, 1.82) is 0 Å². The van der Waals surface area contributed by atoms with Crippen LogP contribution in [0.2, 0.25) is 5.02 Å². The first kappa shape index (κ1) is 13.8. The third kappa shape index (κ3) is 2.55. The molecule has 1 nitrogen and oxygen atoms in total. The van der Waals surface area contributed by atoms with E-state index in [2.05, 4.69) is 11.6 Å². The second-order valence-electron chi connectivity index (χ2n) is 4.93. The van der Waals surface area contributed by atoms with Crippen LogP contribution in [0.5, 0.6) is 0 Å². The smallest absolute Gasteiger partial charge is 0.126 e. The number of fused-ring (bicyclic) bond motifs is 1. The van der Waals surface area contributed by atoms with Crippen LogP contribution in [0, 0.1) is 12.7 Å². The van der Waals surface area contributed by atoms with Crippen LogP contribution in [0.4, 0.5) is 4.39 Å². The van der Waals surface area contributed by atoms with E-state index in [1.54, 1.807) is 25.1 Å². The molecule has 0 spiro atoms. The van der Waals surface area contributed by atoms with Crippen molar-refractivity contribution in [2.75, 3.05) is 0 Å². The summed E-state index contributed by atoms with van der Waals surface area (Å²) in [6, 6.07) is 12.6. The summed E-state index contributed by atoms with van der Waals surface area (Å²) in [7, 11) is 0. The topological polar surface area (TPSA) is 12.9 Å². The molecule has 1 heterocycles. The van der Waals surface area contributed by atoms with Crippen molar-refractivity contribution < 1.29 is 4.39 Å². The Morgan fingerprint density at radius 2 is 1.95 bits per heavy atom. The van der Waals surface area contributed by atoms with Crippen molar-refractivity contribution in [1.82, 2.24) is 4.98 Å². The van der Waals surface area contributed by atoms with E-state index in [-0.39, 0.29) is 5.82 Å². The maximum absolute atomic E-state index is 13.7. The van der Waals surface area contributed by atoms with Gasteiger partial charge in [-0.15, -0.1) is 0 Å². The van der Waals surface area contributed by atoms with Gasteiger partial charge in [-0.25, -0.2) is 9.37 Å². The Labute approximate surface area is 127 Å². The number of hydrogen-bond acceptors (Lipinski definition) is 1. The molecule has 21 heavy (non-hydrogen) atoms. The highest BCUT2D eigenvalue weighted by molar-refractivity contribution is 6.35. The molecule has 3 rings (SSSR count). The monoisotopic (exact) mass is 297 g/mol. The maximum atomic E-state index is 13.7. The molecule has 0 saturated carbocycles. The molecule has 1 aromatic heterocycles. The van der Waals surface area contributed by atoms with Crippen molar-refractivity contribution in [3.63, 3.8) is 0 Å². The van der Waals surface area contributed by atoms with Crippen LogP contribution in [-0.2, 0) is 0 Å². The maximum Gasteiger partial charge on any atom is 0.126 e. The molecular weight excluding hydrogens is 285 g/mol. The second-order valence-corrected chi connectivity index (χ2v) is 5.34. The average Bonchev–Trinajstić information content (AvgIpc) is 2.49. The molecule has 3 aromatic rings. The minimum atomic E-state index is -0.245. The Balaban J connectivity index is 2.22. The molecule has 3 heteroatoms. The molecule has 0 bridgehead atoms. The first-order valence-corrected chi connectivity index (χ1v) is 6.95. The molecule has 0 amide bonds. The molecule has 0 N–H and O–H groups in total. The second kappa shape index (κ2) is 5.30. The molecule has 0 saturated heterocycles.